The number of fused-ring (bicyclic) bond motifs is 2. The van der Waals surface area contributed by atoms with Crippen molar-refractivity contribution < 1.29 is 23.8 Å². The second kappa shape index (κ2) is 9.19. The van der Waals surface area contributed by atoms with E-state index >= 15 is 0 Å². The average Bonchev–Trinajstić information content (AvgIpc) is 2.93. The molecule has 0 unspecified atom stereocenters. The molecule has 164 valence electrons. The Morgan fingerprint density at radius 3 is 2.44 bits per heavy atom. The van der Waals surface area contributed by atoms with Gasteiger partial charge in [0, 0.05) is 28.9 Å². The highest BCUT2D eigenvalue weighted by molar-refractivity contribution is 7.99. The van der Waals surface area contributed by atoms with Crippen LogP contribution in [0.5, 0.6) is 17.2 Å². The lowest BCUT2D eigenvalue weighted by Gasteiger charge is -2.22. The van der Waals surface area contributed by atoms with E-state index in [0.29, 0.717) is 39.2 Å². The smallest absolute Gasteiger partial charge is 0.261 e. The summed E-state index contributed by atoms with van der Waals surface area (Å²) in [5.41, 5.74) is 1.56. The van der Waals surface area contributed by atoms with E-state index < -0.39 is 0 Å². The van der Waals surface area contributed by atoms with Gasteiger partial charge < -0.3 is 19.5 Å². The molecule has 1 aliphatic heterocycles. The van der Waals surface area contributed by atoms with Crippen LogP contribution in [0.1, 0.15) is 10.4 Å². The van der Waals surface area contributed by atoms with Crippen LogP contribution < -0.4 is 24.4 Å². The molecular weight excluding hydrogens is 430 g/mol. The third-order valence-electron chi connectivity index (χ3n) is 4.86. The molecule has 0 aliphatic carbocycles. The highest BCUT2D eigenvalue weighted by Gasteiger charge is 2.29. The first-order valence-electron chi connectivity index (χ1n) is 9.69. The number of nitrogens with zero attached hydrogens (tertiary/aromatic N) is 2. The van der Waals surface area contributed by atoms with Crippen molar-refractivity contribution in [2.24, 2.45) is 0 Å². The summed E-state index contributed by atoms with van der Waals surface area (Å²) in [6.07, 6.45) is 1.65. The summed E-state index contributed by atoms with van der Waals surface area (Å²) >= 11 is 1.40. The Hall–Kier alpha value is -3.72. The molecule has 0 saturated carbocycles. The molecule has 0 bridgehead atoms. The largest absolute Gasteiger partial charge is 0.493 e. The third kappa shape index (κ3) is 4.06. The van der Waals surface area contributed by atoms with Gasteiger partial charge in [-0.25, -0.2) is 4.98 Å². The summed E-state index contributed by atoms with van der Waals surface area (Å²) < 4.78 is 16.0. The number of nitrogens with one attached hydrogen (secondary N) is 1. The molecule has 4 rings (SSSR count). The molecule has 1 aliphatic rings. The summed E-state index contributed by atoms with van der Waals surface area (Å²) in [6, 6.07) is 14.1. The zero-order valence-corrected chi connectivity index (χ0v) is 18.6. The number of pyridine rings is 1. The number of benzene rings is 2. The molecule has 2 aromatic carbocycles. The van der Waals surface area contributed by atoms with Gasteiger partial charge in [-0.05, 0) is 24.3 Å². The molecular formula is C23H21N3O5S. The van der Waals surface area contributed by atoms with E-state index in [0.717, 1.165) is 4.90 Å². The van der Waals surface area contributed by atoms with Crippen LogP contribution in [0.3, 0.4) is 0 Å². The molecule has 0 saturated heterocycles. The maximum atomic E-state index is 13.3. The Balaban J connectivity index is 1.64. The highest BCUT2D eigenvalue weighted by atomic mass is 32.2. The summed E-state index contributed by atoms with van der Waals surface area (Å²) in [6.45, 7) is -0.179. The van der Waals surface area contributed by atoms with Gasteiger partial charge in [-0.15, -0.1) is 0 Å². The molecule has 0 atom stereocenters. The fourth-order valence-electron chi connectivity index (χ4n) is 3.41. The Labute approximate surface area is 189 Å². The van der Waals surface area contributed by atoms with Crippen LogP contribution in [-0.4, -0.2) is 44.7 Å². The van der Waals surface area contributed by atoms with Crippen LogP contribution in [0, 0.1) is 0 Å². The van der Waals surface area contributed by atoms with Gasteiger partial charge in [0.15, 0.2) is 11.5 Å². The summed E-state index contributed by atoms with van der Waals surface area (Å²) in [5, 5.41) is 3.42. The number of rotatable bonds is 6. The predicted molar refractivity (Wildman–Crippen MR) is 121 cm³/mol. The number of amides is 2. The molecule has 32 heavy (non-hydrogen) atoms. The van der Waals surface area contributed by atoms with Crippen molar-refractivity contribution in [2.45, 2.75) is 9.92 Å². The SMILES string of the molecule is COc1cc(NC(=O)CN2C(=O)c3cccnc3Sc3ccccc32)cc(OC)c1OC. The first-order chi connectivity index (χ1) is 15.5. The van der Waals surface area contributed by atoms with Crippen LogP contribution in [0.25, 0.3) is 0 Å². The number of aromatic nitrogens is 1. The quantitative estimate of drug-likeness (QED) is 0.609. The predicted octanol–water partition coefficient (Wildman–Crippen LogP) is 3.86. The minimum absolute atomic E-state index is 0.179. The van der Waals surface area contributed by atoms with Crippen molar-refractivity contribution in [3.63, 3.8) is 0 Å². The molecule has 0 spiro atoms. The zero-order chi connectivity index (χ0) is 22.7. The molecule has 0 fully saturated rings. The minimum Gasteiger partial charge on any atom is -0.493 e. The third-order valence-corrected chi connectivity index (χ3v) is 5.94. The fraction of sp³-hybridized carbons (Fsp3) is 0.174. The number of anilines is 2. The van der Waals surface area contributed by atoms with Gasteiger partial charge in [0.05, 0.1) is 32.6 Å². The number of ether oxygens (including phenoxy) is 3. The van der Waals surface area contributed by atoms with Crippen molar-refractivity contribution in [3.8, 4) is 17.2 Å². The number of hydrogen-bond acceptors (Lipinski definition) is 7. The average molecular weight is 452 g/mol. The second-order valence-electron chi connectivity index (χ2n) is 6.78. The van der Waals surface area contributed by atoms with Crippen molar-refractivity contribution >= 4 is 35.0 Å². The zero-order valence-electron chi connectivity index (χ0n) is 17.7. The number of methoxy groups -OCH3 is 3. The highest BCUT2D eigenvalue weighted by Crippen LogP contribution is 2.41. The second-order valence-corrected chi connectivity index (χ2v) is 7.81. The maximum Gasteiger partial charge on any atom is 0.261 e. The van der Waals surface area contributed by atoms with Gasteiger partial charge in [0.25, 0.3) is 5.91 Å². The lowest BCUT2D eigenvalue weighted by molar-refractivity contribution is -0.114. The number of para-hydroxylation sites is 1. The minimum atomic E-state index is -0.375. The monoisotopic (exact) mass is 451 g/mol. The first kappa shape index (κ1) is 21.5. The van der Waals surface area contributed by atoms with E-state index in [1.807, 2.05) is 24.3 Å². The number of carbonyl (C=O) groups is 2. The first-order valence-corrected chi connectivity index (χ1v) is 10.5. The summed E-state index contributed by atoms with van der Waals surface area (Å²) in [4.78, 5) is 32.9. The Morgan fingerprint density at radius 2 is 1.75 bits per heavy atom. The van der Waals surface area contributed by atoms with E-state index in [1.165, 1.54) is 38.0 Å². The topological polar surface area (TPSA) is 90.0 Å². The van der Waals surface area contributed by atoms with E-state index in [9.17, 15) is 9.59 Å². The number of carbonyl (C=O) groups excluding carboxylic acids is 2. The van der Waals surface area contributed by atoms with Gasteiger partial charge >= 0.3 is 0 Å². The molecule has 3 aromatic rings. The van der Waals surface area contributed by atoms with Gasteiger partial charge in [-0.1, -0.05) is 23.9 Å². The molecule has 8 nitrogen and oxygen atoms in total. The van der Waals surface area contributed by atoms with E-state index in [-0.39, 0.29) is 18.4 Å². The molecule has 2 heterocycles. The van der Waals surface area contributed by atoms with E-state index in [2.05, 4.69) is 10.3 Å². The molecule has 2 amide bonds. The van der Waals surface area contributed by atoms with Crippen LogP contribution in [0.4, 0.5) is 11.4 Å². The fourth-order valence-corrected chi connectivity index (χ4v) is 4.43. The molecule has 0 radical (unpaired) electrons. The van der Waals surface area contributed by atoms with Crippen LogP contribution >= 0.6 is 11.8 Å². The lowest BCUT2D eigenvalue weighted by atomic mass is 10.2. The van der Waals surface area contributed by atoms with Gasteiger partial charge in [0.1, 0.15) is 11.6 Å². The van der Waals surface area contributed by atoms with Crippen molar-refractivity contribution in [1.29, 1.82) is 0 Å². The summed E-state index contributed by atoms with van der Waals surface area (Å²) in [5.74, 6) is 0.584. The molecule has 1 aromatic heterocycles. The Kier molecular flexibility index (Phi) is 6.18. The van der Waals surface area contributed by atoms with Gasteiger partial charge in [0.2, 0.25) is 11.7 Å². The van der Waals surface area contributed by atoms with E-state index in [4.69, 9.17) is 14.2 Å². The molecule has 9 heteroatoms. The Morgan fingerprint density at radius 1 is 1.03 bits per heavy atom. The lowest BCUT2D eigenvalue weighted by Crippen LogP contribution is -2.38. The van der Waals surface area contributed by atoms with Gasteiger partial charge in [-0.2, -0.15) is 0 Å². The van der Waals surface area contributed by atoms with Crippen molar-refractivity contribution in [1.82, 2.24) is 4.98 Å². The van der Waals surface area contributed by atoms with Crippen molar-refractivity contribution in [3.05, 3.63) is 60.3 Å². The van der Waals surface area contributed by atoms with Gasteiger partial charge in [-0.3, -0.25) is 14.5 Å². The van der Waals surface area contributed by atoms with Crippen LogP contribution in [0.2, 0.25) is 0 Å². The normalized spacial score (nSPS) is 12.3. The van der Waals surface area contributed by atoms with Crippen molar-refractivity contribution in [2.75, 3.05) is 38.1 Å². The van der Waals surface area contributed by atoms with E-state index in [1.54, 1.807) is 30.5 Å². The molecule has 1 N–H and O–H groups in total. The standard InChI is InChI=1S/C23H21N3O5S/c1-29-17-11-14(12-18(30-2)21(17)31-3)25-20(27)13-26-16-8-4-5-9-19(16)32-22-15(23(26)28)7-6-10-24-22/h4-12H,13H2,1-3H3,(H,25,27). The summed E-state index contributed by atoms with van der Waals surface area (Å²) in [7, 11) is 4.50. The maximum absolute atomic E-state index is 13.3. The van der Waals surface area contributed by atoms with Crippen LogP contribution in [0.15, 0.2) is 64.6 Å². The number of hydrogen-bond donors (Lipinski definition) is 1. The Bertz CT molecular complexity index is 1160. The van der Waals surface area contributed by atoms with Crippen LogP contribution in [-0.2, 0) is 4.79 Å².